The predicted molar refractivity (Wildman–Crippen MR) is 76.8 cm³/mol. The summed E-state index contributed by atoms with van der Waals surface area (Å²) in [7, 11) is 0. The van der Waals surface area contributed by atoms with Gasteiger partial charge in [-0.1, -0.05) is 12.1 Å². The van der Waals surface area contributed by atoms with Gasteiger partial charge in [0, 0.05) is 25.9 Å². The Morgan fingerprint density at radius 3 is 2.80 bits per heavy atom. The predicted octanol–water partition coefficient (Wildman–Crippen LogP) is 2.29. The molecule has 20 heavy (non-hydrogen) atoms. The van der Waals surface area contributed by atoms with Gasteiger partial charge in [-0.25, -0.2) is 4.98 Å². The second kappa shape index (κ2) is 4.46. The molecule has 0 saturated carbocycles. The summed E-state index contributed by atoms with van der Waals surface area (Å²) in [5.41, 5.74) is 2.11. The molecule has 4 rings (SSSR count). The molecule has 2 aliphatic heterocycles. The van der Waals surface area contributed by atoms with E-state index >= 15 is 0 Å². The van der Waals surface area contributed by atoms with Crippen LogP contribution in [0.4, 0.5) is 5.95 Å². The fraction of sp³-hybridized carbons (Fsp3) is 0.533. The Morgan fingerprint density at radius 1 is 1.30 bits per heavy atom. The van der Waals surface area contributed by atoms with Crippen LogP contribution in [0.25, 0.3) is 11.0 Å². The molecule has 1 spiro atoms. The van der Waals surface area contributed by atoms with Gasteiger partial charge in [-0.3, -0.25) is 0 Å². The Labute approximate surface area is 117 Å². The summed E-state index contributed by atoms with van der Waals surface area (Å²) in [6, 6.07) is 8.13. The average Bonchev–Trinajstić information content (AvgIpc) is 3.04. The van der Waals surface area contributed by atoms with Gasteiger partial charge >= 0.3 is 0 Å². The summed E-state index contributed by atoms with van der Waals surface area (Å²) >= 11 is 0. The van der Waals surface area contributed by atoms with Crippen LogP contribution in [0.3, 0.4) is 0 Å². The van der Waals surface area contributed by atoms with E-state index < -0.39 is 0 Å². The first-order valence-corrected chi connectivity index (χ1v) is 7.26. The lowest BCUT2D eigenvalue weighted by Gasteiger charge is -2.37. The third-order valence-electron chi connectivity index (χ3n) is 4.20. The normalized spacial score (nSPS) is 25.6. The number of nitrogens with zero attached hydrogens (tertiary/aromatic N) is 2. The number of hydrogen-bond donors (Lipinski definition) is 1. The van der Waals surface area contributed by atoms with Crippen molar-refractivity contribution in [3.63, 3.8) is 0 Å². The topological polar surface area (TPSA) is 50.4 Å². The highest BCUT2D eigenvalue weighted by Gasteiger charge is 2.42. The fourth-order valence-electron chi connectivity index (χ4n) is 3.11. The molecule has 2 saturated heterocycles. The Morgan fingerprint density at radius 2 is 2.10 bits per heavy atom. The molecule has 0 aliphatic carbocycles. The van der Waals surface area contributed by atoms with Crippen molar-refractivity contribution in [3.05, 3.63) is 24.3 Å². The standard InChI is InChI=1S/C15H19N3O2/c1-11-10-19-15(20-11)6-8-18(9-7-15)14-16-12-4-2-3-5-13(12)17-14/h2-5,11H,6-10H2,1H3,(H,16,17). The highest BCUT2D eigenvalue weighted by atomic mass is 16.7. The molecule has 1 aromatic heterocycles. The zero-order chi connectivity index (χ0) is 13.6. The molecule has 5 nitrogen and oxygen atoms in total. The summed E-state index contributed by atoms with van der Waals surface area (Å²) in [6.45, 7) is 4.60. The molecule has 1 atom stereocenters. The van der Waals surface area contributed by atoms with E-state index in [4.69, 9.17) is 9.47 Å². The van der Waals surface area contributed by atoms with E-state index in [-0.39, 0.29) is 11.9 Å². The summed E-state index contributed by atoms with van der Waals surface area (Å²) < 4.78 is 11.8. The SMILES string of the molecule is CC1COC2(CCN(c3nc4ccccc4[nH]3)CC2)O1. The number of imidazole rings is 1. The smallest absolute Gasteiger partial charge is 0.203 e. The van der Waals surface area contributed by atoms with E-state index in [9.17, 15) is 0 Å². The number of ether oxygens (including phenoxy) is 2. The van der Waals surface area contributed by atoms with Gasteiger partial charge in [-0.05, 0) is 19.1 Å². The molecule has 0 bridgehead atoms. The number of fused-ring (bicyclic) bond motifs is 1. The molecular formula is C15H19N3O2. The maximum atomic E-state index is 5.95. The van der Waals surface area contributed by atoms with Crippen LogP contribution in [0.1, 0.15) is 19.8 Å². The van der Waals surface area contributed by atoms with Crippen LogP contribution in [-0.4, -0.2) is 41.6 Å². The first-order valence-electron chi connectivity index (χ1n) is 7.26. The quantitative estimate of drug-likeness (QED) is 0.866. The molecule has 0 radical (unpaired) electrons. The minimum absolute atomic E-state index is 0.216. The van der Waals surface area contributed by atoms with E-state index in [0.717, 1.165) is 42.9 Å². The molecule has 106 valence electrons. The van der Waals surface area contributed by atoms with Crippen LogP contribution in [-0.2, 0) is 9.47 Å². The Hall–Kier alpha value is -1.59. The van der Waals surface area contributed by atoms with Crippen molar-refractivity contribution in [2.45, 2.75) is 31.7 Å². The van der Waals surface area contributed by atoms with Crippen LogP contribution in [0.5, 0.6) is 0 Å². The molecule has 0 amide bonds. The highest BCUT2D eigenvalue weighted by molar-refractivity contribution is 5.77. The molecule has 2 aliphatic rings. The maximum Gasteiger partial charge on any atom is 0.203 e. The molecule has 1 aromatic carbocycles. The lowest BCUT2D eigenvalue weighted by molar-refractivity contribution is -0.178. The lowest BCUT2D eigenvalue weighted by atomic mass is 10.0. The van der Waals surface area contributed by atoms with Gasteiger partial charge < -0.3 is 19.4 Å². The second-order valence-electron chi connectivity index (χ2n) is 5.71. The summed E-state index contributed by atoms with van der Waals surface area (Å²) in [5.74, 6) is 0.606. The number of anilines is 1. The second-order valence-corrected chi connectivity index (χ2v) is 5.71. The first kappa shape index (κ1) is 12.2. The minimum Gasteiger partial charge on any atom is -0.347 e. The molecule has 1 unspecified atom stereocenters. The van der Waals surface area contributed by atoms with Gasteiger partial charge in [0.1, 0.15) is 0 Å². The fourth-order valence-corrected chi connectivity index (χ4v) is 3.11. The van der Waals surface area contributed by atoms with Crippen molar-refractivity contribution < 1.29 is 9.47 Å². The van der Waals surface area contributed by atoms with E-state index in [0.29, 0.717) is 6.61 Å². The summed E-state index contributed by atoms with van der Waals surface area (Å²) in [6.07, 6.45) is 2.01. The van der Waals surface area contributed by atoms with Gasteiger partial charge in [0.05, 0.1) is 23.7 Å². The van der Waals surface area contributed by atoms with Gasteiger partial charge in [0.15, 0.2) is 5.79 Å². The zero-order valence-electron chi connectivity index (χ0n) is 11.6. The molecule has 5 heteroatoms. The first-order chi connectivity index (χ1) is 9.74. The Kier molecular flexibility index (Phi) is 2.72. The van der Waals surface area contributed by atoms with E-state index in [2.05, 4.69) is 27.9 Å². The number of rotatable bonds is 1. The highest BCUT2D eigenvalue weighted by Crippen LogP contribution is 2.35. The van der Waals surface area contributed by atoms with Crippen molar-refractivity contribution in [1.29, 1.82) is 0 Å². The number of para-hydroxylation sites is 2. The van der Waals surface area contributed by atoms with Gasteiger partial charge in [0.2, 0.25) is 5.95 Å². The lowest BCUT2D eigenvalue weighted by Crippen LogP contribution is -2.45. The van der Waals surface area contributed by atoms with Gasteiger partial charge in [-0.15, -0.1) is 0 Å². The van der Waals surface area contributed by atoms with Crippen LogP contribution >= 0.6 is 0 Å². The van der Waals surface area contributed by atoms with Crippen molar-refractivity contribution in [2.75, 3.05) is 24.6 Å². The zero-order valence-corrected chi connectivity index (χ0v) is 11.6. The maximum absolute atomic E-state index is 5.95. The van der Waals surface area contributed by atoms with Crippen molar-refractivity contribution >= 4 is 17.0 Å². The molecule has 1 N–H and O–H groups in total. The Bertz CT molecular complexity index is 583. The summed E-state index contributed by atoms with van der Waals surface area (Å²) in [4.78, 5) is 10.3. The third kappa shape index (κ3) is 1.98. The van der Waals surface area contributed by atoms with Crippen molar-refractivity contribution in [2.24, 2.45) is 0 Å². The average molecular weight is 273 g/mol. The van der Waals surface area contributed by atoms with E-state index in [1.807, 2.05) is 18.2 Å². The monoisotopic (exact) mass is 273 g/mol. The largest absolute Gasteiger partial charge is 0.347 e. The molecule has 3 heterocycles. The Balaban J connectivity index is 1.51. The van der Waals surface area contributed by atoms with Crippen LogP contribution in [0.2, 0.25) is 0 Å². The van der Waals surface area contributed by atoms with Crippen LogP contribution in [0, 0.1) is 0 Å². The number of hydrogen-bond acceptors (Lipinski definition) is 4. The van der Waals surface area contributed by atoms with Crippen LogP contribution < -0.4 is 4.90 Å². The number of benzene rings is 1. The number of H-pyrrole nitrogens is 1. The van der Waals surface area contributed by atoms with Gasteiger partial charge in [-0.2, -0.15) is 0 Å². The third-order valence-corrected chi connectivity index (χ3v) is 4.20. The minimum atomic E-state index is -0.345. The molecule has 2 aromatic rings. The van der Waals surface area contributed by atoms with E-state index in [1.165, 1.54) is 0 Å². The van der Waals surface area contributed by atoms with Crippen molar-refractivity contribution in [3.8, 4) is 0 Å². The van der Waals surface area contributed by atoms with Crippen LogP contribution in [0.15, 0.2) is 24.3 Å². The molecular weight excluding hydrogens is 254 g/mol. The molecule has 2 fully saturated rings. The number of aromatic nitrogens is 2. The van der Waals surface area contributed by atoms with Crippen molar-refractivity contribution in [1.82, 2.24) is 9.97 Å². The van der Waals surface area contributed by atoms with Gasteiger partial charge in [0.25, 0.3) is 0 Å². The number of piperidine rings is 1. The van der Waals surface area contributed by atoms with E-state index in [1.54, 1.807) is 0 Å². The number of nitrogens with one attached hydrogen (secondary N) is 1. The number of aromatic amines is 1. The summed E-state index contributed by atoms with van der Waals surface area (Å²) in [5, 5.41) is 0.